The van der Waals surface area contributed by atoms with Crippen molar-refractivity contribution < 1.29 is 22.7 Å². The third-order valence-electron chi connectivity index (χ3n) is 5.53. The lowest BCUT2D eigenvalue weighted by Gasteiger charge is -2.30. The molecule has 0 saturated carbocycles. The highest BCUT2D eigenvalue weighted by atomic mass is 19.4. The van der Waals surface area contributed by atoms with Crippen LogP contribution in [0.2, 0.25) is 0 Å². The molecule has 0 aliphatic heterocycles. The van der Waals surface area contributed by atoms with Gasteiger partial charge in [0, 0.05) is 28.8 Å². The third-order valence-corrected chi connectivity index (χ3v) is 5.53. The predicted molar refractivity (Wildman–Crippen MR) is 115 cm³/mol. The second-order valence-electron chi connectivity index (χ2n) is 7.90. The van der Waals surface area contributed by atoms with E-state index < -0.39 is 29.5 Å². The summed E-state index contributed by atoms with van der Waals surface area (Å²) in [7, 11) is 0. The number of benzene rings is 1. The third kappa shape index (κ3) is 4.30. The molecule has 1 aliphatic rings. The number of allylic oxidation sites excluding steroid dienone is 3. The molecule has 0 fully saturated rings. The van der Waals surface area contributed by atoms with E-state index in [0.29, 0.717) is 34.1 Å². The van der Waals surface area contributed by atoms with Gasteiger partial charge in [-0.3, -0.25) is 0 Å². The van der Waals surface area contributed by atoms with Crippen LogP contribution in [-0.2, 0) is 0 Å². The van der Waals surface area contributed by atoms with E-state index in [1.54, 1.807) is 43.5 Å². The second-order valence-corrected chi connectivity index (χ2v) is 7.90. The lowest BCUT2D eigenvalue weighted by atomic mass is 9.84. The fourth-order valence-corrected chi connectivity index (χ4v) is 3.88. The van der Waals surface area contributed by atoms with Crippen LogP contribution in [0.3, 0.4) is 0 Å². The number of halogens is 4. The summed E-state index contributed by atoms with van der Waals surface area (Å²) in [4.78, 5) is 8.62. The number of hydrogen-bond acceptors (Lipinski definition) is 4. The Bertz CT molecular complexity index is 1230. The number of aromatic hydroxyl groups is 1. The number of phenolic OH excluding ortho intramolecular Hbond substituents is 1. The summed E-state index contributed by atoms with van der Waals surface area (Å²) in [6.07, 6.45) is -1.75. The van der Waals surface area contributed by atoms with Crippen LogP contribution in [0.4, 0.5) is 23.4 Å². The van der Waals surface area contributed by atoms with Crippen molar-refractivity contribution in [2.75, 3.05) is 5.32 Å². The summed E-state index contributed by atoms with van der Waals surface area (Å²) in [5, 5.41) is 14.8. The Balaban J connectivity index is 1.81. The highest BCUT2D eigenvalue weighted by Gasteiger charge is 2.38. The van der Waals surface area contributed by atoms with E-state index in [0.717, 1.165) is 11.6 Å². The molecule has 2 heterocycles. The number of hydrogen-bond donors (Lipinski definition) is 2. The fraction of sp³-hybridized carbons (Fsp3) is 0.250. The molecule has 0 radical (unpaired) electrons. The Morgan fingerprint density at radius 3 is 2.56 bits per heavy atom. The van der Waals surface area contributed by atoms with Gasteiger partial charge in [-0.15, -0.1) is 0 Å². The molecular weight excluding hydrogens is 422 g/mol. The van der Waals surface area contributed by atoms with E-state index in [-0.39, 0.29) is 12.2 Å². The lowest BCUT2D eigenvalue weighted by Crippen LogP contribution is -2.25. The van der Waals surface area contributed by atoms with Gasteiger partial charge in [-0.25, -0.2) is 14.4 Å². The molecule has 32 heavy (non-hydrogen) atoms. The first kappa shape index (κ1) is 21.8. The summed E-state index contributed by atoms with van der Waals surface area (Å²) >= 11 is 0. The zero-order chi connectivity index (χ0) is 23.0. The Labute approximate surface area is 182 Å². The van der Waals surface area contributed by atoms with Gasteiger partial charge in [0.1, 0.15) is 22.9 Å². The number of aryl methyl sites for hydroxylation is 2. The molecule has 4 nitrogen and oxygen atoms in total. The Morgan fingerprint density at radius 2 is 1.88 bits per heavy atom. The molecule has 3 aromatic rings. The topological polar surface area (TPSA) is 58.0 Å². The van der Waals surface area contributed by atoms with Gasteiger partial charge in [-0.2, -0.15) is 13.2 Å². The van der Waals surface area contributed by atoms with Gasteiger partial charge in [0.2, 0.25) is 0 Å². The van der Waals surface area contributed by atoms with Gasteiger partial charge in [-0.1, -0.05) is 24.3 Å². The van der Waals surface area contributed by atoms with Crippen LogP contribution in [0.15, 0.2) is 66.1 Å². The monoisotopic (exact) mass is 443 g/mol. The molecule has 0 saturated heterocycles. The number of nitrogens with one attached hydrogen (secondary N) is 1. The molecule has 4 rings (SSSR count). The van der Waals surface area contributed by atoms with Gasteiger partial charge < -0.3 is 10.4 Å². The summed E-state index contributed by atoms with van der Waals surface area (Å²) in [6.45, 7) is 3.65. The number of rotatable bonds is 4. The molecule has 0 spiro atoms. The smallest absolute Gasteiger partial charge is 0.416 e. The first-order valence-electron chi connectivity index (χ1n) is 10.1. The number of alkyl halides is 3. The Morgan fingerprint density at radius 1 is 1.12 bits per heavy atom. The standard InChI is InChI=1S/C24H21F4N3O/c1-13-9-10-29-20(11-13)31-22(17-8-6-16(12-19(17)25)24(26,27)28)18-7-5-15-4-3-14(2)30-21(15)23(18)32/h3-7,9-12,17,22,32H,8H2,1-2H3,(H,29,31). The summed E-state index contributed by atoms with van der Waals surface area (Å²) in [5.74, 6) is -1.61. The maximum absolute atomic E-state index is 15.0. The maximum Gasteiger partial charge on any atom is 0.416 e. The second kappa shape index (κ2) is 8.26. The highest BCUT2D eigenvalue weighted by molar-refractivity contribution is 5.86. The number of anilines is 1. The quantitative estimate of drug-likeness (QED) is 0.454. The summed E-state index contributed by atoms with van der Waals surface area (Å²) in [6, 6.07) is 9.66. The molecule has 2 unspecified atom stereocenters. The molecule has 0 amide bonds. The average Bonchev–Trinajstić information content (AvgIpc) is 2.73. The number of fused-ring (bicyclic) bond motifs is 1. The van der Waals surface area contributed by atoms with Crippen LogP contribution in [0, 0.1) is 19.8 Å². The molecule has 1 aromatic carbocycles. The van der Waals surface area contributed by atoms with Gasteiger partial charge in [0.05, 0.1) is 11.6 Å². The van der Waals surface area contributed by atoms with Crippen molar-refractivity contribution in [3.63, 3.8) is 0 Å². The molecule has 8 heteroatoms. The Kier molecular flexibility index (Phi) is 5.62. The SMILES string of the molecule is Cc1ccnc(NC(c2ccc3ccc(C)nc3c2O)C2CC=C(C(F)(F)F)C=C2F)c1. The minimum Gasteiger partial charge on any atom is -0.505 e. The van der Waals surface area contributed by atoms with Crippen LogP contribution < -0.4 is 5.32 Å². The molecular formula is C24H21F4N3O. The van der Waals surface area contributed by atoms with Crippen molar-refractivity contribution in [2.24, 2.45) is 5.92 Å². The van der Waals surface area contributed by atoms with E-state index >= 15 is 4.39 Å². The van der Waals surface area contributed by atoms with Crippen molar-refractivity contribution in [2.45, 2.75) is 32.5 Å². The van der Waals surface area contributed by atoms with Gasteiger partial charge in [0.15, 0.2) is 0 Å². The summed E-state index contributed by atoms with van der Waals surface area (Å²) < 4.78 is 54.3. The van der Waals surface area contributed by atoms with E-state index in [4.69, 9.17) is 0 Å². The molecule has 2 atom stereocenters. The van der Waals surface area contributed by atoms with E-state index in [1.807, 2.05) is 13.0 Å². The number of aromatic nitrogens is 2. The highest BCUT2D eigenvalue weighted by Crippen LogP contribution is 2.44. The normalized spacial score (nSPS) is 17.6. The van der Waals surface area contributed by atoms with Gasteiger partial charge >= 0.3 is 6.18 Å². The van der Waals surface area contributed by atoms with Crippen molar-refractivity contribution in [1.82, 2.24) is 9.97 Å². The number of nitrogens with zero attached hydrogens (tertiary/aromatic N) is 2. The first-order valence-corrected chi connectivity index (χ1v) is 10.1. The van der Waals surface area contributed by atoms with Crippen LogP contribution in [0.5, 0.6) is 5.75 Å². The zero-order valence-corrected chi connectivity index (χ0v) is 17.4. The van der Waals surface area contributed by atoms with Crippen molar-refractivity contribution in [3.05, 3.63) is 83.0 Å². The molecule has 2 N–H and O–H groups in total. The average molecular weight is 443 g/mol. The predicted octanol–water partition coefficient (Wildman–Crippen LogP) is 6.47. The lowest BCUT2D eigenvalue weighted by molar-refractivity contribution is -0.0890. The zero-order valence-electron chi connectivity index (χ0n) is 17.4. The van der Waals surface area contributed by atoms with E-state index in [2.05, 4.69) is 15.3 Å². The maximum atomic E-state index is 15.0. The molecule has 1 aliphatic carbocycles. The van der Waals surface area contributed by atoms with Gasteiger partial charge in [0.25, 0.3) is 0 Å². The number of phenols is 1. The molecule has 166 valence electrons. The fourth-order valence-electron chi connectivity index (χ4n) is 3.88. The van der Waals surface area contributed by atoms with Crippen molar-refractivity contribution >= 4 is 16.7 Å². The van der Waals surface area contributed by atoms with Crippen LogP contribution in [0.1, 0.15) is 29.3 Å². The van der Waals surface area contributed by atoms with E-state index in [1.165, 1.54) is 0 Å². The van der Waals surface area contributed by atoms with Crippen LogP contribution >= 0.6 is 0 Å². The largest absolute Gasteiger partial charge is 0.505 e. The Hall–Kier alpha value is -3.42. The van der Waals surface area contributed by atoms with Crippen LogP contribution in [0.25, 0.3) is 10.9 Å². The summed E-state index contributed by atoms with van der Waals surface area (Å²) in [5.41, 5.74) is 1.25. The minimum atomic E-state index is -4.63. The van der Waals surface area contributed by atoms with E-state index in [9.17, 15) is 18.3 Å². The molecule has 2 aromatic heterocycles. The van der Waals surface area contributed by atoms with Crippen molar-refractivity contribution in [1.29, 1.82) is 0 Å². The first-order chi connectivity index (χ1) is 15.1. The van der Waals surface area contributed by atoms with Crippen LogP contribution in [-0.4, -0.2) is 21.3 Å². The van der Waals surface area contributed by atoms with Gasteiger partial charge in [-0.05, 0) is 50.1 Å². The van der Waals surface area contributed by atoms with Crippen molar-refractivity contribution in [3.8, 4) is 5.75 Å². The molecule has 0 bridgehead atoms. The minimum absolute atomic E-state index is 0.144. The number of pyridine rings is 2.